The standard InChI is InChI=1S/C30H38N6O7/c1-3-16(2)26(36-27(39)21(31)14-25(32)38)29(41)34-23(13-18-15-33-22-7-5-4-6-20(18)22)28(40)35-24(30(42)43)12-17-8-10-19(37)11-9-17/h4-11,15-16,21,23-24,26,33,37H,3,12-14,31H2,1-2H3,(H2,32,38)(H,34,41)(H,35,40)(H,36,39)(H,42,43). The van der Waals surface area contributed by atoms with Gasteiger partial charge in [0.05, 0.1) is 12.5 Å². The Morgan fingerprint density at radius 1 is 0.884 bits per heavy atom. The maximum absolute atomic E-state index is 13.6. The first-order valence-electron chi connectivity index (χ1n) is 13.9. The maximum Gasteiger partial charge on any atom is 0.326 e. The molecule has 1 heterocycles. The molecular weight excluding hydrogens is 556 g/mol. The number of aromatic nitrogens is 1. The first-order chi connectivity index (χ1) is 20.4. The van der Waals surface area contributed by atoms with Gasteiger partial charge in [0.25, 0.3) is 0 Å². The predicted octanol–water partition coefficient (Wildman–Crippen LogP) is 0.447. The summed E-state index contributed by atoms with van der Waals surface area (Å²) in [7, 11) is 0. The fraction of sp³-hybridized carbons (Fsp3) is 0.367. The summed E-state index contributed by atoms with van der Waals surface area (Å²) in [5.41, 5.74) is 13.0. The van der Waals surface area contributed by atoms with Crippen molar-refractivity contribution in [3.8, 4) is 5.75 Å². The monoisotopic (exact) mass is 594 g/mol. The fourth-order valence-electron chi connectivity index (χ4n) is 4.60. The number of amides is 4. The van der Waals surface area contributed by atoms with Gasteiger partial charge in [-0.15, -0.1) is 0 Å². The third-order valence-electron chi connectivity index (χ3n) is 7.27. The van der Waals surface area contributed by atoms with Crippen LogP contribution in [0.1, 0.15) is 37.8 Å². The Morgan fingerprint density at radius 3 is 2.16 bits per heavy atom. The lowest BCUT2D eigenvalue weighted by molar-refractivity contribution is -0.142. The van der Waals surface area contributed by atoms with Crippen molar-refractivity contribution in [1.29, 1.82) is 0 Å². The van der Waals surface area contributed by atoms with E-state index in [0.717, 1.165) is 10.9 Å². The number of benzene rings is 2. The van der Waals surface area contributed by atoms with E-state index in [9.17, 15) is 34.2 Å². The Labute approximate surface area is 248 Å². The van der Waals surface area contributed by atoms with Crippen molar-refractivity contribution in [3.63, 3.8) is 0 Å². The number of aromatic hydroxyl groups is 1. The summed E-state index contributed by atoms with van der Waals surface area (Å²) >= 11 is 0. The van der Waals surface area contributed by atoms with E-state index in [0.29, 0.717) is 17.5 Å². The van der Waals surface area contributed by atoms with E-state index in [1.165, 1.54) is 12.1 Å². The number of phenols is 1. The second-order valence-electron chi connectivity index (χ2n) is 10.5. The van der Waals surface area contributed by atoms with Crippen LogP contribution in [0.25, 0.3) is 10.9 Å². The molecular formula is C30H38N6O7. The van der Waals surface area contributed by atoms with Crippen molar-refractivity contribution >= 4 is 40.5 Å². The van der Waals surface area contributed by atoms with Crippen LogP contribution in [0.4, 0.5) is 0 Å². The van der Waals surface area contributed by atoms with Crippen LogP contribution in [-0.4, -0.2) is 69.0 Å². The SMILES string of the molecule is CCC(C)C(NC(=O)C(N)CC(N)=O)C(=O)NC(Cc1c[nH]c2ccccc12)C(=O)NC(Cc1ccc(O)cc1)C(=O)O. The Morgan fingerprint density at radius 2 is 1.53 bits per heavy atom. The van der Waals surface area contributed by atoms with Crippen LogP contribution in [0.3, 0.4) is 0 Å². The van der Waals surface area contributed by atoms with E-state index >= 15 is 0 Å². The molecule has 5 atom stereocenters. The summed E-state index contributed by atoms with van der Waals surface area (Å²) in [4.78, 5) is 66.3. The third-order valence-corrected chi connectivity index (χ3v) is 7.27. The number of phenolic OH excluding ortho intramolecular Hbond substituents is 1. The topological polar surface area (TPSA) is 230 Å². The number of para-hydroxylation sites is 1. The van der Waals surface area contributed by atoms with Gasteiger partial charge in [0.1, 0.15) is 23.9 Å². The minimum Gasteiger partial charge on any atom is -0.508 e. The number of primary amides is 1. The number of carboxylic acid groups (broad SMARTS) is 1. The van der Waals surface area contributed by atoms with Gasteiger partial charge in [-0.2, -0.15) is 0 Å². The molecule has 3 aromatic rings. The molecule has 0 radical (unpaired) electrons. The molecule has 13 nitrogen and oxygen atoms in total. The molecule has 13 heteroatoms. The molecule has 2 aromatic carbocycles. The molecule has 4 amide bonds. The molecule has 0 saturated carbocycles. The molecule has 0 aliphatic heterocycles. The first-order valence-corrected chi connectivity index (χ1v) is 13.9. The Hall–Kier alpha value is -4.91. The van der Waals surface area contributed by atoms with Gasteiger partial charge in [-0.3, -0.25) is 19.2 Å². The number of carboxylic acids is 1. The Bertz CT molecular complexity index is 1450. The number of rotatable bonds is 15. The lowest BCUT2D eigenvalue weighted by Crippen LogP contribution is -2.59. The van der Waals surface area contributed by atoms with Gasteiger partial charge < -0.3 is 42.6 Å². The minimum absolute atomic E-state index is 0.00942. The Balaban J connectivity index is 1.88. The minimum atomic E-state index is -1.34. The van der Waals surface area contributed by atoms with Crippen LogP contribution >= 0.6 is 0 Å². The maximum atomic E-state index is 13.6. The average molecular weight is 595 g/mol. The smallest absolute Gasteiger partial charge is 0.326 e. The van der Waals surface area contributed by atoms with Gasteiger partial charge in [-0.1, -0.05) is 50.6 Å². The second kappa shape index (κ2) is 14.8. The zero-order chi connectivity index (χ0) is 31.7. The third kappa shape index (κ3) is 9.04. The van der Waals surface area contributed by atoms with Gasteiger partial charge in [0.2, 0.25) is 23.6 Å². The molecule has 43 heavy (non-hydrogen) atoms. The summed E-state index contributed by atoms with van der Waals surface area (Å²) in [6.45, 7) is 3.55. The molecule has 0 aliphatic rings. The van der Waals surface area contributed by atoms with Gasteiger partial charge >= 0.3 is 5.97 Å². The van der Waals surface area contributed by atoms with Crippen LogP contribution < -0.4 is 27.4 Å². The van der Waals surface area contributed by atoms with Crippen molar-refractivity contribution in [2.45, 2.75) is 63.7 Å². The summed E-state index contributed by atoms with van der Waals surface area (Å²) in [5.74, 6) is -4.61. The number of nitrogens with two attached hydrogens (primary N) is 2. The van der Waals surface area contributed by atoms with Gasteiger partial charge in [0, 0.05) is 29.9 Å². The average Bonchev–Trinajstić information content (AvgIpc) is 3.37. The van der Waals surface area contributed by atoms with Crippen LogP contribution in [-0.2, 0) is 36.8 Å². The molecule has 0 spiro atoms. The molecule has 0 aliphatic carbocycles. The molecule has 0 saturated heterocycles. The lowest BCUT2D eigenvalue weighted by atomic mass is 9.96. The molecule has 0 bridgehead atoms. The largest absolute Gasteiger partial charge is 0.508 e. The lowest BCUT2D eigenvalue weighted by Gasteiger charge is -2.28. The number of hydrogen-bond donors (Lipinski definition) is 8. The van der Waals surface area contributed by atoms with Gasteiger partial charge in [-0.05, 0) is 35.2 Å². The van der Waals surface area contributed by atoms with Gasteiger partial charge in [-0.25, -0.2) is 4.79 Å². The van der Waals surface area contributed by atoms with Crippen LogP contribution in [0, 0.1) is 5.92 Å². The zero-order valence-corrected chi connectivity index (χ0v) is 24.0. The van der Waals surface area contributed by atoms with E-state index in [1.807, 2.05) is 31.2 Å². The molecule has 1 aromatic heterocycles. The first kappa shape index (κ1) is 32.6. The highest BCUT2D eigenvalue weighted by atomic mass is 16.4. The van der Waals surface area contributed by atoms with Crippen molar-refractivity contribution in [1.82, 2.24) is 20.9 Å². The quantitative estimate of drug-likeness (QED) is 0.123. The molecule has 3 rings (SSSR count). The Kier molecular flexibility index (Phi) is 11.2. The number of aliphatic carboxylic acids is 1. The number of hydrogen-bond acceptors (Lipinski definition) is 7. The number of carbonyl (C=O) groups is 5. The summed E-state index contributed by atoms with van der Waals surface area (Å²) in [5, 5.41) is 28.0. The van der Waals surface area contributed by atoms with E-state index in [-0.39, 0.29) is 24.5 Å². The van der Waals surface area contributed by atoms with E-state index in [1.54, 1.807) is 25.3 Å². The van der Waals surface area contributed by atoms with Crippen LogP contribution in [0.5, 0.6) is 5.75 Å². The number of fused-ring (bicyclic) bond motifs is 1. The highest BCUT2D eigenvalue weighted by molar-refractivity contribution is 5.95. The number of aromatic amines is 1. The number of carbonyl (C=O) groups excluding carboxylic acids is 4. The van der Waals surface area contributed by atoms with Crippen LogP contribution in [0.2, 0.25) is 0 Å². The molecule has 230 valence electrons. The van der Waals surface area contributed by atoms with E-state index < -0.39 is 60.2 Å². The van der Waals surface area contributed by atoms with E-state index in [2.05, 4.69) is 20.9 Å². The fourth-order valence-corrected chi connectivity index (χ4v) is 4.60. The normalized spacial score (nSPS) is 14.6. The summed E-state index contributed by atoms with van der Waals surface area (Å²) < 4.78 is 0. The van der Waals surface area contributed by atoms with Crippen molar-refractivity contribution in [2.75, 3.05) is 0 Å². The van der Waals surface area contributed by atoms with Crippen molar-refractivity contribution in [2.24, 2.45) is 17.4 Å². The van der Waals surface area contributed by atoms with Crippen molar-refractivity contribution in [3.05, 3.63) is 65.9 Å². The summed E-state index contributed by atoms with van der Waals surface area (Å²) in [6, 6.07) is 8.36. The van der Waals surface area contributed by atoms with Crippen LogP contribution in [0.15, 0.2) is 54.7 Å². The zero-order valence-electron chi connectivity index (χ0n) is 24.0. The highest BCUT2D eigenvalue weighted by Gasteiger charge is 2.33. The summed E-state index contributed by atoms with van der Waals surface area (Å²) in [6.07, 6.45) is 1.72. The molecule has 10 N–H and O–H groups in total. The van der Waals surface area contributed by atoms with Gasteiger partial charge in [0.15, 0.2) is 0 Å². The number of nitrogens with one attached hydrogen (secondary N) is 4. The second-order valence-corrected chi connectivity index (χ2v) is 10.5. The predicted molar refractivity (Wildman–Crippen MR) is 158 cm³/mol. The van der Waals surface area contributed by atoms with E-state index in [4.69, 9.17) is 11.5 Å². The molecule has 5 unspecified atom stereocenters. The number of H-pyrrole nitrogens is 1. The van der Waals surface area contributed by atoms with Crippen molar-refractivity contribution < 1.29 is 34.2 Å². The molecule has 0 fully saturated rings. The highest BCUT2D eigenvalue weighted by Crippen LogP contribution is 2.20.